The van der Waals surface area contributed by atoms with Gasteiger partial charge in [-0.25, -0.2) is 0 Å². The zero-order valence-electron chi connectivity index (χ0n) is 11.8. The summed E-state index contributed by atoms with van der Waals surface area (Å²) in [6.07, 6.45) is 0.251. The number of nitrogen functional groups attached to an aromatic ring is 1. The van der Waals surface area contributed by atoms with Crippen LogP contribution in [-0.4, -0.2) is 22.8 Å². The van der Waals surface area contributed by atoms with E-state index in [9.17, 15) is 4.79 Å². The van der Waals surface area contributed by atoms with Gasteiger partial charge >= 0.3 is 0 Å². The molecule has 0 atom stereocenters. The van der Waals surface area contributed by atoms with Crippen LogP contribution in [0.5, 0.6) is 5.75 Å². The van der Waals surface area contributed by atoms with Crippen LogP contribution >= 0.6 is 0 Å². The quantitative estimate of drug-likeness (QED) is 0.885. The van der Waals surface area contributed by atoms with E-state index in [1.54, 1.807) is 25.8 Å². The second-order valence-electron chi connectivity index (χ2n) is 4.55. The van der Waals surface area contributed by atoms with Gasteiger partial charge in [0.25, 0.3) is 0 Å². The highest BCUT2D eigenvalue weighted by atomic mass is 16.5. The number of amides is 1. The number of aromatic nitrogens is 2. The van der Waals surface area contributed by atoms with Gasteiger partial charge in [0.05, 0.1) is 24.9 Å². The Morgan fingerprint density at radius 2 is 2.25 bits per heavy atom. The topological polar surface area (TPSA) is 82.2 Å². The summed E-state index contributed by atoms with van der Waals surface area (Å²) in [5, 5.41) is 6.94. The molecule has 0 aliphatic heterocycles. The fraction of sp³-hybridized carbons (Fsp3) is 0.286. The van der Waals surface area contributed by atoms with Crippen molar-refractivity contribution in [2.75, 3.05) is 18.2 Å². The third-order valence-electron chi connectivity index (χ3n) is 3.03. The van der Waals surface area contributed by atoms with E-state index >= 15 is 0 Å². The Morgan fingerprint density at radius 3 is 2.85 bits per heavy atom. The van der Waals surface area contributed by atoms with E-state index in [4.69, 9.17) is 10.5 Å². The largest absolute Gasteiger partial charge is 0.497 e. The van der Waals surface area contributed by atoms with E-state index in [0.717, 1.165) is 11.3 Å². The van der Waals surface area contributed by atoms with Crippen molar-refractivity contribution in [3.63, 3.8) is 0 Å². The average molecular weight is 274 g/mol. The van der Waals surface area contributed by atoms with E-state index in [1.165, 1.54) is 0 Å². The fourth-order valence-corrected chi connectivity index (χ4v) is 1.97. The highest BCUT2D eigenvalue weighted by Crippen LogP contribution is 2.21. The zero-order chi connectivity index (χ0) is 14.7. The summed E-state index contributed by atoms with van der Waals surface area (Å²) in [5.41, 5.74) is 7.94. The molecule has 1 aromatic heterocycles. The van der Waals surface area contributed by atoms with Crippen LogP contribution in [0.1, 0.15) is 11.3 Å². The predicted octanol–water partition coefficient (Wildman–Crippen LogP) is 1.50. The molecular weight excluding hydrogens is 256 g/mol. The first-order valence-electron chi connectivity index (χ1n) is 6.23. The number of rotatable bonds is 4. The van der Waals surface area contributed by atoms with Crippen molar-refractivity contribution in [1.82, 2.24) is 9.78 Å². The Morgan fingerprint density at radius 1 is 1.50 bits per heavy atom. The maximum Gasteiger partial charge on any atom is 0.229 e. The molecule has 0 radical (unpaired) electrons. The monoisotopic (exact) mass is 274 g/mol. The fourth-order valence-electron chi connectivity index (χ4n) is 1.97. The third-order valence-corrected chi connectivity index (χ3v) is 3.03. The van der Waals surface area contributed by atoms with E-state index < -0.39 is 0 Å². The molecule has 0 spiro atoms. The van der Waals surface area contributed by atoms with Crippen molar-refractivity contribution in [2.45, 2.75) is 13.3 Å². The maximum absolute atomic E-state index is 12.0. The number of carbonyl (C=O) groups excluding carboxylic acids is 1. The number of ether oxygens (including phenoxy) is 1. The van der Waals surface area contributed by atoms with Gasteiger partial charge in [0.2, 0.25) is 5.91 Å². The number of nitrogens with zero attached hydrogens (tertiary/aromatic N) is 2. The van der Waals surface area contributed by atoms with Crippen molar-refractivity contribution in [3.8, 4) is 5.75 Å². The molecule has 1 heterocycles. The zero-order valence-corrected chi connectivity index (χ0v) is 11.8. The molecular formula is C14H18N4O2. The van der Waals surface area contributed by atoms with Gasteiger partial charge in [-0.05, 0) is 24.6 Å². The van der Waals surface area contributed by atoms with Crippen LogP contribution in [0.2, 0.25) is 0 Å². The lowest BCUT2D eigenvalue weighted by molar-refractivity contribution is -0.115. The Kier molecular flexibility index (Phi) is 3.93. The third kappa shape index (κ3) is 2.90. The summed E-state index contributed by atoms with van der Waals surface area (Å²) in [6, 6.07) is 7.39. The first-order valence-corrected chi connectivity index (χ1v) is 6.23. The lowest BCUT2D eigenvalue weighted by Gasteiger charge is -2.07. The highest BCUT2D eigenvalue weighted by molar-refractivity contribution is 5.94. The van der Waals surface area contributed by atoms with Gasteiger partial charge in [-0.2, -0.15) is 5.10 Å². The van der Waals surface area contributed by atoms with Gasteiger partial charge in [0, 0.05) is 7.05 Å². The number of carbonyl (C=O) groups is 1. The van der Waals surface area contributed by atoms with Crippen LogP contribution in [-0.2, 0) is 18.3 Å². The first kappa shape index (κ1) is 13.9. The second-order valence-corrected chi connectivity index (χ2v) is 4.55. The van der Waals surface area contributed by atoms with Crippen LogP contribution in [0.25, 0.3) is 0 Å². The summed E-state index contributed by atoms with van der Waals surface area (Å²) < 4.78 is 6.69. The SMILES string of the molecule is COc1cccc(CC(=O)Nc2c(N)c(C)nn2C)c1. The van der Waals surface area contributed by atoms with Crippen molar-refractivity contribution in [2.24, 2.45) is 7.05 Å². The standard InChI is InChI=1S/C14H18N4O2/c1-9-13(15)14(18(2)17-9)16-12(19)8-10-5-4-6-11(7-10)20-3/h4-7H,8,15H2,1-3H3,(H,16,19). The molecule has 1 amide bonds. The Balaban J connectivity index is 2.09. The molecule has 0 saturated carbocycles. The summed E-state index contributed by atoms with van der Waals surface area (Å²) in [4.78, 5) is 12.0. The van der Waals surface area contributed by atoms with E-state index in [2.05, 4.69) is 10.4 Å². The van der Waals surface area contributed by atoms with Crippen LogP contribution in [0.4, 0.5) is 11.5 Å². The molecule has 20 heavy (non-hydrogen) atoms. The van der Waals surface area contributed by atoms with Gasteiger partial charge in [0.1, 0.15) is 5.75 Å². The van der Waals surface area contributed by atoms with Gasteiger partial charge in [-0.3, -0.25) is 9.48 Å². The van der Waals surface area contributed by atoms with Crippen molar-refractivity contribution >= 4 is 17.4 Å². The lowest BCUT2D eigenvalue weighted by Crippen LogP contribution is -2.17. The Labute approximate surface area is 117 Å². The van der Waals surface area contributed by atoms with Gasteiger partial charge in [-0.1, -0.05) is 12.1 Å². The van der Waals surface area contributed by atoms with E-state index in [0.29, 0.717) is 17.2 Å². The molecule has 0 unspecified atom stereocenters. The molecule has 0 bridgehead atoms. The molecule has 0 fully saturated rings. The number of aryl methyl sites for hydroxylation is 2. The van der Waals surface area contributed by atoms with Crippen LogP contribution < -0.4 is 15.8 Å². The number of hydrogen-bond donors (Lipinski definition) is 2. The van der Waals surface area contributed by atoms with Crippen LogP contribution in [0, 0.1) is 6.92 Å². The number of methoxy groups -OCH3 is 1. The van der Waals surface area contributed by atoms with Crippen molar-refractivity contribution < 1.29 is 9.53 Å². The van der Waals surface area contributed by atoms with Crippen LogP contribution in [0.15, 0.2) is 24.3 Å². The Bertz CT molecular complexity index is 634. The summed E-state index contributed by atoms with van der Waals surface area (Å²) in [5.74, 6) is 1.11. The molecule has 1 aromatic carbocycles. The highest BCUT2D eigenvalue weighted by Gasteiger charge is 2.13. The minimum atomic E-state index is -0.145. The van der Waals surface area contributed by atoms with Crippen molar-refractivity contribution in [1.29, 1.82) is 0 Å². The number of nitrogens with one attached hydrogen (secondary N) is 1. The van der Waals surface area contributed by atoms with E-state index in [-0.39, 0.29) is 12.3 Å². The maximum atomic E-state index is 12.0. The number of nitrogens with two attached hydrogens (primary N) is 1. The molecule has 6 nitrogen and oxygen atoms in total. The number of hydrogen-bond acceptors (Lipinski definition) is 4. The number of anilines is 2. The molecule has 0 aliphatic carbocycles. The normalized spacial score (nSPS) is 10.3. The molecule has 2 aromatic rings. The molecule has 106 valence electrons. The molecule has 0 saturated heterocycles. The molecule has 6 heteroatoms. The van der Waals surface area contributed by atoms with Gasteiger partial charge in [0.15, 0.2) is 5.82 Å². The summed E-state index contributed by atoms with van der Waals surface area (Å²) in [7, 11) is 3.34. The van der Waals surface area contributed by atoms with Gasteiger partial charge in [-0.15, -0.1) is 0 Å². The van der Waals surface area contributed by atoms with Gasteiger partial charge < -0.3 is 15.8 Å². The average Bonchev–Trinajstić information content (AvgIpc) is 2.65. The summed E-state index contributed by atoms with van der Waals surface area (Å²) in [6.45, 7) is 1.80. The van der Waals surface area contributed by atoms with Crippen molar-refractivity contribution in [3.05, 3.63) is 35.5 Å². The Hall–Kier alpha value is -2.50. The minimum absolute atomic E-state index is 0.145. The number of benzene rings is 1. The molecule has 0 aliphatic rings. The molecule has 2 rings (SSSR count). The first-order chi connectivity index (χ1) is 9.51. The summed E-state index contributed by atoms with van der Waals surface area (Å²) >= 11 is 0. The lowest BCUT2D eigenvalue weighted by atomic mass is 10.1. The second kappa shape index (κ2) is 5.64. The minimum Gasteiger partial charge on any atom is -0.497 e. The smallest absolute Gasteiger partial charge is 0.229 e. The van der Waals surface area contributed by atoms with E-state index in [1.807, 2.05) is 24.3 Å². The molecule has 3 N–H and O–H groups in total. The van der Waals surface area contributed by atoms with Crippen LogP contribution in [0.3, 0.4) is 0 Å². The predicted molar refractivity (Wildman–Crippen MR) is 77.7 cm³/mol.